The van der Waals surface area contributed by atoms with E-state index in [1.54, 1.807) is 24.3 Å². The summed E-state index contributed by atoms with van der Waals surface area (Å²) in [5, 5.41) is 0. The Labute approximate surface area is 149 Å². The summed E-state index contributed by atoms with van der Waals surface area (Å²) in [5.41, 5.74) is 1.24. The summed E-state index contributed by atoms with van der Waals surface area (Å²) < 4.78 is 34.1. The number of halogens is 1. The van der Waals surface area contributed by atoms with Crippen molar-refractivity contribution in [3.8, 4) is 17.2 Å². The van der Waals surface area contributed by atoms with Crippen LogP contribution in [0.1, 0.15) is 11.1 Å². The van der Waals surface area contributed by atoms with E-state index < -0.39 is 5.97 Å². The molecule has 6 nitrogen and oxygen atoms in total. The maximum atomic E-state index is 13.0. The van der Waals surface area contributed by atoms with Gasteiger partial charge in [-0.2, -0.15) is 0 Å². The third-order valence-corrected chi connectivity index (χ3v) is 3.71. The quantitative estimate of drug-likeness (QED) is 0.607. The first-order chi connectivity index (χ1) is 12.5. The Balaban J connectivity index is 1.99. The smallest absolute Gasteiger partial charge is 0.363 e. The molecule has 7 heteroatoms. The number of cyclic esters (lactones) is 1. The number of aliphatic imine (C=N–C) groups is 1. The Kier molecular flexibility index (Phi) is 4.88. The molecule has 0 saturated carbocycles. The molecule has 1 aliphatic rings. The highest BCUT2D eigenvalue weighted by Gasteiger charge is 2.26. The van der Waals surface area contributed by atoms with Crippen LogP contribution < -0.4 is 14.2 Å². The lowest BCUT2D eigenvalue weighted by Gasteiger charge is -2.13. The van der Waals surface area contributed by atoms with Crippen molar-refractivity contribution in [2.45, 2.75) is 0 Å². The first-order valence-corrected chi connectivity index (χ1v) is 7.64. The molecule has 0 unspecified atom stereocenters. The average molecular weight is 357 g/mol. The summed E-state index contributed by atoms with van der Waals surface area (Å²) in [6, 6.07) is 8.96. The number of carbonyl (C=O) groups is 1. The predicted octanol–water partition coefficient (Wildman–Crippen LogP) is 3.20. The molecule has 3 rings (SSSR count). The summed E-state index contributed by atoms with van der Waals surface area (Å²) in [5.74, 6) is 0.405. The third-order valence-electron chi connectivity index (χ3n) is 3.71. The molecule has 0 amide bonds. The van der Waals surface area contributed by atoms with Gasteiger partial charge in [-0.3, -0.25) is 0 Å². The highest BCUT2D eigenvalue weighted by atomic mass is 19.1. The lowest BCUT2D eigenvalue weighted by atomic mass is 10.1. The number of hydrogen-bond donors (Lipinski definition) is 0. The van der Waals surface area contributed by atoms with Crippen molar-refractivity contribution in [2.75, 3.05) is 21.3 Å². The lowest BCUT2D eigenvalue weighted by molar-refractivity contribution is -0.129. The van der Waals surface area contributed by atoms with Crippen LogP contribution in [-0.4, -0.2) is 33.2 Å². The number of benzene rings is 2. The van der Waals surface area contributed by atoms with Gasteiger partial charge in [0.2, 0.25) is 11.6 Å². The van der Waals surface area contributed by atoms with Crippen molar-refractivity contribution >= 4 is 17.9 Å². The fraction of sp³-hybridized carbons (Fsp3) is 0.158. The van der Waals surface area contributed by atoms with Crippen molar-refractivity contribution < 1.29 is 28.1 Å². The van der Waals surface area contributed by atoms with Crippen LogP contribution in [0, 0.1) is 5.82 Å². The zero-order chi connectivity index (χ0) is 18.7. The second kappa shape index (κ2) is 7.26. The molecule has 134 valence electrons. The van der Waals surface area contributed by atoms with Crippen molar-refractivity contribution in [2.24, 2.45) is 4.99 Å². The fourth-order valence-corrected chi connectivity index (χ4v) is 2.45. The second-order valence-electron chi connectivity index (χ2n) is 5.30. The van der Waals surface area contributed by atoms with Gasteiger partial charge in [-0.25, -0.2) is 14.2 Å². The second-order valence-corrected chi connectivity index (χ2v) is 5.30. The molecule has 0 spiro atoms. The molecule has 0 aromatic heterocycles. The van der Waals surface area contributed by atoms with E-state index in [2.05, 4.69) is 4.99 Å². The van der Waals surface area contributed by atoms with Crippen molar-refractivity contribution in [3.63, 3.8) is 0 Å². The van der Waals surface area contributed by atoms with Crippen LogP contribution >= 0.6 is 0 Å². The van der Waals surface area contributed by atoms with Gasteiger partial charge in [-0.1, -0.05) is 12.1 Å². The molecule has 0 aliphatic carbocycles. The third kappa shape index (κ3) is 3.37. The van der Waals surface area contributed by atoms with E-state index in [0.29, 0.717) is 28.4 Å². The number of rotatable bonds is 5. The van der Waals surface area contributed by atoms with Crippen molar-refractivity contribution in [1.82, 2.24) is 0 Å². The molecule has 2 aromatic rings. The first kappa shape index (κ1) is 17.5. The molecular formula is C19H16FNO5. The maximum Gasteiger partial charge on any atom is 0.363 e. The van der Waals surface area contributed by atoms with Gasteiger partial charge in [0.1, 0.15) is 5.82 Å². The summed E-state index contributed by atoms with van der Waals surface area (Å²) in [6.07, 6.45) is 1.52. The van der Waals surface area contributed by atoms with Crippen LogP contribution in [0.15, 0.2) is 47.1 Å². The Morgan fingerprint density at radius 1 is 1.00 bits per heavy atom. The minimum Gasteiger partial charge on any atom is -0.493 e. The molecule has 0 bridgehead atoms. The number of ether oxygens (including phenoxy) is 4. The molecule has 0 radical (unpaired) electrons. The average Bonchev–Trinajstić information content (AvgIpc) is 3.02. The van der Waals surface area contributed by atoms with E-state index in [-0.39, 0.29) is 17.4 Å². The van der Waals surface area contributed by atoms with E-state index in [0.717, 1.165) is 0 Å². The van der Waals surface area contributed by atoms with Crippen molar-refractivity contribution in [3.05, 3.63) is 59.0 Å². The Bertz CT molecular complexity index is 878. The van der Waals surface area contributed by atoms with Gasteiger partial charge in [-0.05, 0) is 35.9 Å². The molecule has 1 heterocycles. The van der Waals surface area contributed by atoms with Gasteiger partial charge in [0.25, 0.3) is 0 Å². The number of nitrogens with zero attached hydrogens (tertiary/aromatic N) is 1. The van der Waals surface area contributed by atoms with Gasteiger partial charge >= 0.3 is 5.97 Å². The van der Waals surface area contributed by atoms with Crippen molar-refractivity contribution in [1.29, 1.82) is 0 Å². The van der Waals surface area contributed by atoms with Gasteiger partial charge in [0.05, 0.1) is 21.3 Å². The monoisotopic (exact) mass is 357 g/mol. The first-order valence-electron chi connectivity index (χ1n) is 7.64. The summed E-state index contributed by atoms with van der Waals surface area (Å²) in [4.78, 5) is 16.3. The van der Waals surface area contributed by atoms with Gasteiger partial charge in [0.15, 0.2) is 17.2 Å². The Hall–Kier alpha value is -3.35. The predicted molar refractivity (Wildman–Crippen MR) is 93.1 cm³/mol. The number of esters is 1. The zero-order valence-corrected chi connectivity index (χ0v) is 14.4. The maximum absolute atomic E-state index is 13.0. The lowest BCUT2D eigenvalue weighted by Crippen LogP contribution is -2.06. The molecule has 26 heavy (non-hydrogen) atoms. The van der Waals surface area contributed by atoms with Gasteiger partial charge < -0.3 is 18.9 Å². The standard InChI is InChI=1S/C19H16FNO5/c1-23-15-9-12(10-16(24-2)17(15)25-3)18-21-14(19(22)26-18)8-11-4-6-13(20)7-5-11/h4-10H,1-3H3/b14-8+. The molecular weight excluding hydrogens is 341 g/mol. The molecule has 1 aliphatic heterocycles. The fourth-order valence-electron chi connectivity index (χ4n) is 2.45. The normalized spacial score (nSPS) is 14.8. The van der Waals surface area contributed by atoms with Crippen LogP contribution in [0.25, 0.3) is 6.08 Å². The van der Waals surface area contributed by atoms with Gasteiger partial charge in [-0.15, -0.1) is 0 Å². The Morgan fingerprint density at radius 2 is 1.62 bits per heavy atom. The van der Waals surface area contributed by atoms with E-state index in [4.69, 9.17) is 18.9 Å². The minimum absolute atomic E-state index is 0.111. The minimum atomic E-state index is -0.599. The highest BCUT2D eigenvalue weighted by molar-refractivity contribution is 6.13. The van der Waals surface area contributed by atoms with Crippen LogP contribution in [-0.2, 0) is 9.53 Å². The topological polar surface area (TPSA) is 66.4 Å². The molecule has 0 saturated heterocycles. The summed E-state index contributed by atoms with van der Waals surface area (Å²) in [6.45, 7) is 0. The number of hydrogen-bond acceptors (Lipinski definition) is 6. The highest BCUT2D eigenvalue weighted by Crippen LogP contribution is 2.39. The molecule has 2 aromatic carbocycles. The van der Waals surface area contributed by atoms with E-state index in [9.17, 15) is 9.18 Å². The zero-order valence-electron chi connectivity index (χ0n) is 14.4. The van der Waals surface area contributed by atoms with E-state index in [1.165, 1.54) is 39.5 Å². The number of carbonyl (C=O) groups excluding carboxylic acids is 1. The summed E-state index contributed by atoms with van der Waals surface area (Å²) in [7, 11) is 4.48. The van der Waals surface area contributed by atoms with Crippen LogP contribution in [0.4, 0.5) is 4.39 Å². The van der Waals surface area contributed by atoms with Gasteiger partial charge in [0, 0.05) is 5.56 Å². The van der Waals surface area contributed by atoms with E-state index >= 15 is 0 Å². The molecule has 0 N–H and O–H groups in total. The summed E-state index contributed by atoms with van der Waals surface area (Å²) >= 11 is 0. The SMILES string of the molecule is COc1cc(C2=N/C(=C/c3ccc(F)cc3)C(=O)O2)cc(OC)c1OC. The van der Waals surface area contributed by atoms with E-state index in [1.807, 2.05) is 0 Å². The Morgan fingerprint density at radius 3 is 2.15 bits per heavy atom. The van der Waals surface area contributed by atoms with Crippen LogP contribution in [0.3, 0.4) is 0 Å². The number of methoxy groups -OCH3 is 3. The molecule has 0 fully saturated rings. The van der Waals surface area contributed by atoms with Crippen LogP contribution in [0.2, 0.25) is 0 Å². The largest absolute Gasteiger partial charge is 0.493 e. The van der Waals surface area contributed by atoms with Crippen LogP contribution in [0.5, 0.6) is 17.2 Å². The molecule has 0 atom stereocenters.